The monoisotopic (exact) mass is 305 g/mol. The van der Waals surface area contributed by atoms with Crippen molar-refractivity contribution in [2.45, 2.75) is 19.9 Å². The molecule has 0 amide bonds. The van der Waals surface area contributed by atoms with Gasteiger partial charge in [0, 0.05) is 11.6 Å². The number of anilines is 1. The molecule has 0 spiro atoms. The summed E-state index contributed by atoms with van der Waals surface area (Å²) < 4.78 is 10.7. The Balaban J connectivity index is 2.30. The number of methoxy groups -OCH3 is 2. The van der Waals surface area contributed by atoms with Crippen LogP contribution < -0.4 is 14.8 Å². The molecule has 2 aromatic rings. The Hall–Kier alpha value is -1.87. The van der Waals surface area contributed by atoms with Gasteiger partial charge in [0.2, 0.25) is 0 Å². The molecule has 1 unspecified atom stereocenters. The molecule has 2 rings (SSSR count). The first-order valence-corrected chi connectivity index (χ1v) is 7.18. The van der Waals surface area contributed by atoms with Crippen LogP contribution in [0.4, 0.5) is 5.69 Å². The topological polar surface area (TPSA) is 30.5 Å². The zero-order chi connectivity index (χ0) is 15.4. The number of aryl methyl sites for hydroxylation is 1. The third-order valence-corrected chi connectivity index (χ3v) is 3.80. The van der Waals surface area contributed by atoms with Gasteiger partial charge in [-0.3, -0.25) is 0 Å². The van der Waals surface area contributed by atoms with E-state index < -0.39 is 0 Å². The fraction of sp³-hybridized carbons (Fsp3) is 0.294. The number of rotatable bonds is 5. The van der Waals surface area contributed by atoms with Crippen molar-refractivity contribution in [1.82, 2.24) is 0 Å². The van der Waals surface area contributed by atoms with Crippen LogP contribution in [0.15, 0.2) is 36.4 Å². The molecular weight excluding hydrogens is 286 g/mol. The summed E-state index contributed by atoms with van der Waals surface area (Å²) in [5, 5.41) is 4.17. The van der Waals surface area contributed by atoms with E-state index in [2.05, 4.69) is 12.2 Å². The van der Waals surface area contributed by atoms with E-state index in [-0.39, 0.29) is 6.04 Å². The zero-order valence-corrected chi connectivity index (χ0v) is 13.5. The molecule has 2 aromatic carbocycles. The Labute approximate surface area is 130 Å². The first-order chi connectivity index (χ1) is 10.1. The van der Waals surface area contributed by atoms with Gasteiger partial charge in [0.1, 0.15) is 11.5 Å². The van der Waals surface area contributed by atoms with E-state index in [1.165, 1.54) is 0 Å². The summed E-state index contributed by atoms with van der Waals surface area (Å²) in [6, 6.07) is 11.7. The first kappa shape index (κ1) is 15.5. The maximum absolute atomic E-state index is 6.27. The maximum atomic E-state index is 6.27. The lowest BCUT2D eigenvalue weighted by Crippen LogP contribution is -2.09. The van der Waals surface area contributed by atoms with Gasteiger partial charge in [-0.2, -0.15) is 0 Å². The van der Waals surface area contributed by atoms with Gasteiger partial charge in [-0.15, -0.1) is 0 Å². The Morgan fingerprint density at radius 1 is 1.10 bits per heavy atom. The second kappa shape index (κ2) is 6.72. The predicted molar refractivity (Wildman–Crippen MR) is 87.8 cm³/mol. The van der Waals surface area contributed by atoms with E-state index in [1.807, 2.05) is 43.3 Å². The van der Waals surface area contributed by atoms with E-state index in [1.54, 1.807) is 14.2 Å². The van der Waals surface area contributed by atoms with Gasteiger partial charge in [0.25, 0.3) is 0 Å². The van der Waals surface area contributed by atoms with Crippen LogP contribution in [0.5, 0.6) is 11.5 Å². The smallest absolute Gasteiger partial charge is 0.127 e. The first-order valence-electron chi connectivity index (χ1n) is 6.80. The molecule has 0 saturated carbocycles. The highest BCUT2D eigenvalue weighted by atomic mass is 35.5. The van der Waals surface area contributed by atoms with Crippen molar-refractivity contribution in [2.24, 2.45) is 0 Å². The van der Waals surface area contributed by atoms with Crippen LogP contribution in [-0.4, -0.2) is 14.2 Å². The normalized spacial score (nSPS) is 11.9. The molecule has 0 aliphatic heterocycles. The van der Waals surface area contributed by atoms with Gasteiger partial charge in [-0.1, -0.05) is 23.7 Å². The van der Waals surface area contributed by atoms with E-state index in [0.29, 0.717) is 5.02 Å². The molecule has 0 aliphatic carbocycles. The Morgan fingerprint density at radius 3 is 2.48 bits per heavy atom. The van der Waals surface area contributed by atoms with Gasteiger partial charge >= 0.3 is 0 Å². The van der Waals surface area contributed by atoms with Crippen LogP contribution in [0, 0.1) is 6.92 Å². The van der Waals surface area contributed by atoms with Crippen molar-refractivity contribution in [3.8, 4) is 11.5 Å². The molecule has 0 heterocycles. The van der Waals surface area contributed by atoms with Gasteiger partial charge in [0.15, 0.2) is 0 Å². The fourth-order valence-electron chi connectivity index (χ4n) is 2.29. The van der Waals surface area contributed by atoms with Crippen molar-refractivity contribution in [1.29, 1.82) is 0 Å². The molecule has 4 heteroatoms. The highest BCUT2D eigenvalue weighted by molar-refractivity contribution is 6.33. The van der Waals surface area contributed by atoms with Crippen molar-refractivity contribution in [2.75, 3.05) is 19.5 Å². The van der Waals surface area contributed by atoms with E-state index >= 15 is 0 Å². The predicted octanol–water partition coefficient (Wildman–Crippen LogP) is 4.84. The van der Waals surface area contributed by atoms with E-state index in [9.17, 15) is 0 Å². The largest absolute Gasteiger partial charge is 0.497 e. The standard InChI is InChI=1S/C17H20ClNO2/c1-11-6-5-7-15(18)17(11)19-12(2)14-9-8-13(20-3)10-16(14)21-4/h5-10,12,19H,1-4H3. The van der Waals surface area contributed by atoms with E-state index in [0.717, 1.165) is 28.3 Å². The summed E-state index contributed by atoms with van der Waals surface area (Å²) in [5.41, 5.74) is 3.11. The maximum Gasteiger partial charge on any atom is 0.127 e. The van der Waals surface area contributed by atoms with Crippen LogP contribution in [0.1, 0.15) is 24.1 Å². The Bertz CT molecular complexity index is 608. The lowest BCUT2D eigenvalue weighted by Gasteiger charge is -2.21. The highest BCUT2D eigenvalue weighted by Crippen LogP contribution is 2.34. The van der Waals surface area contributed by atoms with Crippen molar-refractivity contribution in [3.63, 3.8) is 0 Å². The van der Waals surface area contributed by atoms with E-state index in [4.69, 9.17) is 21.1 Å². The number of nitrogens with one attached hydrogen (secondary N) is 1. The van der Waals surface area contributed by atoms with Crippen molar-refractivity contribution >= 4 is 17.3 Å². The molecule has 3 nitrogen and oxygen atoms in total. The van der Waals surface area contributed by atoms with Crippen LogP contribution in [0.25, 0.3) is 0 Å². The van der Waals surface area contributed by atoms with Gasteiger partial charge < -0.3 is 14.8 Å². The molecule has 0 saturated heterocycles. The average molecular weight is 306 g/mol. The molecular formula is C17H20ClNO2. The number of halogens is 1. The third-order valence-electron chi connectivity index (χ3n) is 3.49. The summed E-state index contributed by atoms with van der Waals surface area (Å²) in [6.07, 6.45) is 0. The summed E-state index contributed by atoms with van der Waals surface area (Å²) in [5.74, 6) is 1.57. The summed E-state index contributed by atoms with van der Waals surface area (Å²) in [7, 11) is 3.30. The van der Waals surface area contributed by atoms with Crippen molar-refractivity contribution < 1.29 is 9.47 Å². The summed E-state index contributed by atoms with van der Waals surface area (Å²) in [6.45, 7) is 4.11. The molecule has 1 atom stereocenters. The minimum atomic E-state index is 0.0597. The number of hydrogen-bond acceptors (Lipinski definition) is 3. The molecule has 0 aliphatic rings. The van der Waals surface area contributed by atoms with Gasteiger partial charge in [-0.25, -0.2) is 0 Å². The van der Waals surface area contributed by atoms with Gasteiger partial charge in [0.05, 0.1) is 31.0 Å². The van der Waals surface area contributed by atoms with Crippen LogP contribution in [0.2, 0.25) is 5.02 Å². The molecule has 1 N–H and O–H groups in total. The molecule has 21 heavy (non-hydrogen) atoms. The Morgan fingerprint density at radius 2 is 1.86 bits per heavy atom. The minimum absolute atomic E-state index is 0.0597. The second-order valence-electron chi connectivity index (χ2n) is 4.91. The third kappa shape index (κ3) is 3.42. The lowest BCUT2D eigenvalue weighted by molar-refractivity contribution is 0.390. The Kier molecular flexibility index (Phi) is 4.97. The van der Waals surface area contributed by atoms with Crippen LogP contribution >= 0.6 is 11.6 Å². The minimum Gasteiger partial charge on any atom is -0.497 e. The summed E-state index contributed by atoms with van der Waals surface area (Å²) in [4.78, 5) is 0. The average Bonchev–Trinajstić information content (AvgIpc) is 2.50. The number of hydrogen-bond donors (Lipinski definition) is 1. The SMILES string of the molecule is COc1ccc(C(C)Nc2c(C)cccc2Cl)c(OC)c1. The number of ether oxygens (including phenoxy) is 2. The van der Waals surface area contributed by atoms with Crippen LogP contribution in [-0.2, 0) is 0 Å². The van der Waals surface area contributed by atoms with Crippen LogP contribution in [0.3, 0.4) is 0 Å². The van der Waals surface area contributed by atoms with Gasteiger partial charge in [-0.05, 0) is 37.6 Å². The molecule has 0 fully saturated rings. The summed E-state index contributed by atoms with van der Waals surface area (Å²) >= 11 is 6.27. The molecule has 112 valence electrons. The molecule has 0 aromatic heterocycles. The quantitative estimate of drug-likeness (QED) is 0.857. The number of para-hydroxylation sites is 1. The highest BCUT2D eigenvalue weighted by Gasteiger charge is 2.14. The van der Waals surface area contributed by atoms with Crippen molar-refractivity contribution in [3.05, 3.63) is 52.5 Å². The lowest BCUT2D eigenvalue weighted by atomic mass is 10.1. The molecule has 0 bridgehead atoms. The second-order valence-corrected chi connectivity index (χ2v) is 5.31. The fourth-order valence-corrected chi connectivity index (χ4v) is 2.56. The molecule has 0 radical (unpaired) electrons. The zero-order valence-electron chi connectivity index (χ0n) is 12.7. The number of benzene rings is 2.